The molecule has 2 fully saturated rings. The number of anilines is 2. The summed E-state index contributed by atoms with van der Waals surface area (Å²) in [5.74, 6) is -1.24. The fraction of sp³-hybridized carbons (Fsp3) is 0.200. The average Bonchev–Trinajstić information content (AvgIpc) is 3.26. The van der Waals surface area contributed by atoms with Crippen LogP contribution >= 0.6 is 11.6 Å². The third-order valence-corrected chi connectivity index (χ3v) is 6.18. The highest BCUT2D eigenvalue weighted by molar-refractivity contribution is 6.30. The van der Waals surface area contributed by atoms with Crippen molar-refractivity contribution in [3.05, 3.63) is 94.5 Å². The minimum atomic E-state index is -0.880. The van der Waals surface area contributed by atoms with E-state index in [-0.39, 0.29) is 11.8 Å². The summed E-state index contributed by atoms with van der Waals surface area (Å²) < 4.78 is 0. The zero-order valence-corrected chi connectivity index (χ0v) is 17.9. The first-order valence-corrected chi connectivity index (χ1v) is 10.5. The van der Waals surface area contributed by atoms with Crippen LogP contribution in [0.4, 0.5) is 11.4 Å². The maximum Gasteiger partial charge on any atom is 0.266 e. The van der Waals surface area contributed by atoms with Crippen molar-refractivity contribution in [3.8, 4) is 0 Å². The molecule has 0 aromatic heterocycles. The molecule has 6 heteroatoms. The summed E-state index contributed by atoms with van der Waals surface area (Å²) in [7, 11) is 0. The number of hydroxylamine groups is 1. The summed E-state index contributed by atoms with van der Waals surface area (Å²) in [6.45, 7) is 3.89. The predicted octanol–water partition coefficient (Wildman–Crippen LogP) is 5.01. The van der Waals surface area contributed by atoms with Crippen LogP contribution in [0.25, 0.3) is 0 Å². The highest BCUT2D eigenvalue weighted by Crippen LogP contribution is 2.48. The molecule has 0 unspecified atom stereocenters. The Morgan fingerprint density at radius 3 is 2.26 bits per heavy atom. The van der Waals surface area contributed by atoms with Crippen LogP contribution in [0, 0.1) is 19.8 Å². The molecule has 2 amide bonds. The standard InChI is InChI=1S/C25H21ClN2O3/c1-15-8-13-20(16(2)14-15)27-24(29)21-22(17-9-11-18(26)12-10-17)28(31-23(21)25(27)30)19-6-4-3-5-7-19/h3-14,21-23H,1-2H3/t21-,22-,23-/m1/s1. The molecule has 0 saturated carbocycles. The first kappa shape index (κ1) is 19.8. The number of nitrogens with zero attached hydrogens (tertiary/aromatic N) is 2. The van der Waals surface area contributed by atoms with Crippen molar-refractivity contribution >= 4 is 34.8 Å². The van der Waals surface area contributed by atoms with Gasteiger partial charge in [-0.3, -0.25) is 14.4 Å². The van der Waals surface area contributed by atoms with Crippen molar-refractivity contribution in [2.45, 2.75) is 26.0 Å². The molecular formula is C25H21ClN2O3. The number of hydrogen-bond donors (Lipinski definition) is 0. The minimum absolute atomic E-state index is 0.250. The molecule has 2 aliphatic rings. The molecule has 0 bridgehead atoms. The van der Waals surface area contributed by atoms with Crippen molar-refractivity contribution in [2.24, 2.45) is 5.92 Å². The molecule has 5 nitrogen and oxygen atoms in total. The van der Waals surface area contributed by atoms with Crippen LogP contribution in [-0.4, -0.2) is 17.9 Å². The van der Waals surface area contributed by atoms with Gasteiger partial charge in [-0.05, 0) is 55.3 Å². The van der Waals surface area contributed by atoms with Gasteiger partial charge in [-0.2, -0.15) is 0 Å². The summed E-state index contributed by atoms with van der Waals surface area (Å²) >= 11 is 6.09. The lowest BCUT2D eigenvalue weighted by Crippen LogP contribution is -2.37. The molecule has 0 spiro atoms. The lowest BCUT2D eigenvalue weighted by Gasteiger charge is -2.29. The van der Waals surface area contributed by atoms with Crippen LogP contribution in [0.5, 0.6) is 0 Å². The Labute approximate surface area is 185 Å². The van der Waals surface area contributed by atoms with Gasteiger partial charge in [-0.15, -0.1) is 0 Å². The van der Waals surface area contributed by atoms with Crippen LogP contribution in [0.15, 0.2) is 72.8 Å². The number of aryl methyl sites for hydroxylation is 2. The maximum atomic E-state index is 13.6. The molecule has 0 radical (unpaired) electrons. The van der Waals surface area contributed by atoms with Crippen LogP contribution in [0.3, 0.4) is 0 Å². The Bertz CT molecular complexity index is 1160. The van der Waals surface area contributed by atoms with E-state index in [0.29, 0.717) is 10.7 Å². The summed E-state index contributed by atoms with van der Waals surface area (Å²) in [6.07, 6.45) is -0.880. The van der Waals surface area contributed by atoms with E-state index in [1.807, 2.05) is 74.5 Å². The number of imide groups is 1. The van der Waals surface area contributed by atoms with Crippen molar-refractivity contribution in [1.82, 2.24) is 0 Å². The van der Waals surface area contributed by atoms with Crippen LogP contribution in [-0.2, 0) is 14.4 Å². The second kappa shape index (κ2) is 7.52. The van der Waals surface area contributed by atoms with Gasteiger partial charge in [-0.1, -0.05) is 59.6 Å². The molecule has 0 N–H and O–H groups in total. The third-order valence-electron chi connectivity index (χ3n) is 5.93. The highest BCUT2D eigenvalue weighted by Gasteiger charge is 2.60. The zero-order chi connectivity index (χ0) is 21.7. The van der Waals surface area contributed by atoms with E-state index in [0.717, 1.165) is 22.4 Å². The molecule has 3 aromatic carbocycles. The first-order chi connectivity index (χ1) is 15.0. The topological polar surface area (TPSA) is 49.9 Å². The van der Waals surface area contributed by atoms with Gasteiger partial charge in [0.25, 0.3) is 5.91 Å². The van der Waals surface area contributed by atoms with E-state index in [1.54, 1.807) is 17.2 Å². The molecule has 31 heavy (non-hydrogen) atoms. The van der Waals surface area contributed by atoms with E-state index < -0.39 is 18.1 Å². The van der Waals surface area contributed by atoms with E-state index in [1.165, 1.54) is 4.90 Å². The molecule has 5 rings (SSSR count). The number of para-hydroxylation sites is 1. The SMILES string of the molecule is Cc1ccc(N2C(=O)[C@@H]3[C@@H](c4ccc(Cl)cc4)N(c4ccccc4)O[C@H]3C2=O)c(C)c1. The van der Waals surface area contributed by atoms with Gasteiger partial charge in [0.15, 0.2) is 6.10 Å². The number of hydrogen-bond acceptors (Lipinski definition) is 4. The van der Waals surface area contributed by atoms with E-state index in [9.17, 15) is 9.59 Å². The Morgan fingerprint density at radius 2 is 1.58 bits per heavy atom. The largest absolute Gasteiger partial charge is 0.273 e. The monoisotopic (exact) mass is 432 g/mol. The lowest BCUT2D eigenvalue weighted by molar-refractivity contribution is -0.126. The number of amides is 2. The van der Waals surface area contributed by atoms with Gasteiger partial charge in [0, 0.05) is 5.02 Å². The van der Waals surface area contributed by atoms with E-state index in [4.69, 9.17) is 16.4 Å². The van der Waals surface area contributed by atoms with Gasteiger partial charge in [0.2, 0.25) is 5.91 Å². The fourth-order valence-corrected chi connectivity index (χ4v) is 4.63. The van der Waals surface area contributed by atoms with Crippen molar-refractivity contribution < 1.29 is 14.4 Å². The van der Waals surface area contributed by atoms with Gasteiger partial charge < -0.3 is 0 Å². The average molecular weight is 433 g/mol. The number of rotatable bonds is 3. The first-order valence-electron chi connectivity index (χ1n) is 10.2. The molecule has 3 aromatic rings. The van der Waals surface area contributed by atoms with Crippen LogP contribution in [0.1, 0.15) is 22.7 Å². The van der Waals surface area contributed by atoms with Crippen LogP contribution in [0.2, 0.25) is 5.02 Å². The van der Waals surface area contributed by atoms with Gasteiger partial charge in [0.05, 0.1) is 17.4 Å². The van der Waals surface area contributed by atoms with Gasteiger partial charge in [-0.25, -0.2) is 9.96 Å². The molecule has 2 heterocycles. The number of carbonyl (C=O) groups is 2. The van der Waals surface area contributed by atoms with Crippen LogP contribution < -0.4 is 9.96 Å². The van der Waals surface area contributed by atoms with Crippen molar-refractivity contribution in [3.63, 3.8) is 0 Å². The van der Waals surface area contributed by atoms with Gasteiger partial charge >= 0.3 is 0 Å². The number of carbonyl (C=O) groups excluding carboxylic acids is 2. The third kappa shape index (κ3) is 3.21. The fourth-order valence-electron chi connectivity index (χ4n) is 4.51. The normalized spacial score (nSPS) is 22.9. The van der Waals surface area contributed by atoms with E-state index >= 15 is 0 Å². The highest BCUT2D eigenvalue weighted by atomic mass is 35.5. The van der Waals surface area contributed by atoms with Gasteiger partial charge in [0.1, 0.15) is 5.92 Å². The second-order valence-electron chi connectivity index (χ2n) is 8.01. The zero-order valence-electron chi connectivity index (χ0n) is 17.2. The molecule has 156 valence electrons. The summed E-state index contributed by atoms with van der Waals surface area (Å²) in [6, 6.07) is 22.1. The Hall–Kier alpha value is -3.15. The molecule has 0 aliphatic carbocycles. The van der Waals surface area contributed by atoms with E-state index in [2.05, 4.69) is 0 Å². The Morgan fingerprint density at radius 1 is 0.871 bits per heavy atom. The van der Waals surface area contributed by atoms with Crippen molar-refractivity contribution in [1.29, 1.82) is 0 Å². The lowest BCUT2D eigenvalue weighted by atomic mass is 9.90. The number of benzene rings is 3. The number of fused-ring (bicyclic) bond motifs is 1. The second-order valence-corrected chi connectivity index (χ2v) is 8.45. The summed E-state index contributed by atoms with van der Waals surface area (Å²) in [4.78, 5) is 34.5. The predicted molar refractivity (Wildman–Crippen MR) is 120 cm³/mol. The Balaban J connectivity index is 1.59. The van der Waals surface area contributed by atoms with Crippen molar-refractivity contribution in [2.75, 3.05) is 9.96 Å². The minimum Gasteiger partial charge on any atom is -0.273 e. The molecular weight excluding hydrogens is 412 g/mol. The molecule has 2 aliphatic heterocycles. The molecule has 3 atom stereocenters. The number of halogens is 1. The summed E-state index contributed by atoms with van der Waals surface area (Å²) in [5, 5.41) is 2.30. The summed E-state index contributed by atoms with van der Waals surface area (Å²) in [5.41, 5.74) is 4.22. The quantitative estimate of drug-likeness (QED) is 0.546. The smallest absolute Gasteiger partial charge is 0.266 e. The Kier molecular flexibility index (Phi) is 4.80. The molecule has 2 saturated heterocycles. The maximum absolute atomic E-state index is 13.6.